The Morgan fingerprint density at radius 2 is 1.85 bits per heavy atom. The van der Waals surface area contributed by atoms with Crippen molar-refractivity contribution in [1.29, 1.82) is 0 Å². The first kappa shape index (κ1) is 20.0. The van der Waals surface area contributed by atoms with Gasteiger partial charge >= 0.3 is 6.09 Å². The van der Waals surface area contributed by atoms with E-state index in [0.29, 0.717) is 13.1 Å². The lowest BCUT2D eigenvalue weighted by molar-refractivity contribution is 0.0150. The van der Waals surface area contributed by atoms with Gasteiger partial charge in [-0.15, -0.1) is 0 Å². The number of hydrogen-bond acceptors (Lipinski definition) is 4. The molecule has 1 spiro atoms. The van der Waals surface area contributed by atoms with E-state index in [9.17, 15) is 9.00 Å². The van der Waals surface area contributed by atoms with Crippen LogP contribution in [0.5, 0.6) is 0 Å². The van der Waals surface area contributed by atoms with Crippen molar-refractivity contribution in [3.05, 3.63) is 18.0 Å². The van der Waals surface area contributed by atoms with Gasteiger partial charge in [0.2, 0.25) is 0 Å². The predicted molar refractivity (Wildman–Crippen MR) is 106 cm³/mol. The van der Waals surface area contributed by atoms with Crippen LogP contribution in [0, 0.1) is 5.41 Å². The van der Waals surface area contributed by atoms with Gasteiger partial charge in [-0.25, -0.2) is 9.00 Å². The summed E-state index contributed by atoms with van der Waals surface area (Å²) in [6.45, 7) is 13.3. The van der Waals surface area contributed by atoms with Crippen molar-refractivity contribution in [3.8, 4) is 0 Å². The van der Waals surface area contributed by atoms with Gasteiger partial charge in [-0.2, -0.15) is 9.50 Å². The molecule has 0 saturated carbocycles. The average Bonchev–Trinajstić information content (AvgIpc) is 3.07. The zero-order valence-corrected chi connectivity index (χ0v) is 17.9. The van der Waals surface area contributed by atoms with Crippen molar-refractivity contribution in [3.63, 3.8) is 0 Å². The summed E-state index contributed by atoms with van der Waals surface area (Å²) in [6, 6.07) is 1.94. The van der Waals surface area contributed by atoms with Crippen LogP contribution in [-0.2, 0) is 22.3 Å². The highest BCUT2D eigenvalue weighted by atomic mass is 32.2. The smallest absolute Gasteiger partial charge is 0.410 e. The van der Waals surface area contributed by atoms with Crippen molar-refractivity contribution in [2.45, 2.75) is 71.3 Å². The zero-order chi connectivity index (χ0) is 20.0. The van der Waals surface area contributed by atoms with E-state index in [4.69, 9.17) is 4.74 Å². The van der Waals surface area contributed by atoms with E-state index in [1.54, 1.807) is 11.1 Å². The van der Waals surface area contributed by atoms with Crippen molar-refractivity contribution in [1.82, 2.24) is 14.7 Å². The summed E-state index contributed by atoms with van der Waals surface area (Å²) in [4.78, 5) is 14.1. The topological polar surface area (TPSA) is 76.8 Å². The second-order valence-electron chi connectivity index (χ2n) is 9.42. The molecule has 2 aliphatic rings. The molecule has 0 aliphatic carbocycles. The Bertz CT molecular complexity index is 778. The van der Waals surface area contributed by atoms with Crippen LogP contribution in [0.15, 0.2) is 16.7 Å². The Kier molecular flexibility index (Phi) is 4.99. The molecule has 1 aromatic rings. The number of fused-ring (bicyclic) bond motifs is 1. The fraction of sp³-hybridized carbons (Fsp3) is 0.737. The van der Waals surface area contributed by atoms with E-state index in [-0.39, 0.29) is 11.5 Å². The highest BCUT2D eigenvalue weighted by molar-refractivity contribution is 7.85. The molecule has 3 rings (SSSR count). The summed E-state index contributed by atoms with van der Waals surface area (Å²) in [5.41, 5.74) is 1.09. The molecule has 1 atom stereocenters. The molecule has 0 unspecified atom stereocenters. The maximum Gasteiger partial charge on any atom is 0.410 e. The third-order valence-corrected chi connectivity index (χ3v) is 6.38. The van der Waals surface area contributed by atoms with Gasteiger partial charge < -0.3 is 9.64 Å². The van der Waals surface area contributed by atoms with Gasteiger partial charge in [0.25, 0.3) is 0 Å². The van der Waals surface area contributed by atoms with Gasteiger partial charge in [-0.3, -0.25) is 4.68 Å². The number of aromatic nitrogens is 2. The minimum Gasteiger partial charge on any atom is -0.444 e. The van der Waals surface area contributed by atoms with Crippen LogP contribution in [0.2, 0.25) is 0 Å². The molecule has 150 valence electrons. The zero-order valence-electron chi connectivity index (χ0n) is 17.1. The second-order valence-corrected chi connectivity index (χ2v) is 11.3. The van der Waals surface area contributed by atoms with Gasteiger partial charge in [0.1, 0.15) is 16.6 Å². The Morgan fingerprint density at radius 1 is 1.22 bits per heavy atom. The van der Waals surface area contributed by atoms with Gasteiger partial charge in [0.05, 0.1) is 22.7 Å². The van der Waals surface area contributed by atoms with Crippen LogP contribution >= 0.6 is 0 Å². The molecule has 1 amide bonds. The SMILES string of the molecule is CC(C)(C)OC(=O)N1CCC2(CC1)Cn1nccc1/C2=N\[S@](=O)C(C)(C)C. The van der Waals surface area contributed by atoms with Crippen molar-refractivity contribution < 1.29 is 13.7 Å². The molecule has 7 nitrogen and oxygen atoms in total. The number of rotatable bonds is 1. The van der Waals surface area contributed by atoms with Crippen LogP contribution in [-0.4, -0.2) is 54.1 Å². The normalized spacial score (nSPS) is 22.1. The molecule has 1 aromatic heterocycles. The monoisotopic (exact) mass is 394 g/mol. The number of likely N-dealkylation sites (tertiary alicyclic amines) is 1. The van der Waals surface area contributed by atoms with Crippen LogP contribution in [0.1, 0.15) is 60.1 Å². The number of nitrogens with zero attached hydrogens (tertiary/aromatic N) is 4. The van der Waals surface area contributed by atoms with Crippen LogP contribution in [0.3, 0.4) is 0 Å². The van der Waals surface area contributed by atoms with Gasteiger partial charge in [0.15, 0.2) is 0 Å². The maximum atomic E-state index is 12.7. The highest BCUT2D eigenvalue weighted by Gasteiger charge is 2.48. The standard InChI is InChI=1S/C19H30N4O3S/c1-17(2,3)26-16(24)22-11-8-19(9-12-22)13-23-14(7-10-20-23)15(19)21-27(25)18(4,5)6/h7,10H,8-9,11-13H2,1-6H3/b21-15+/t27-/m1/s1. The fourth-order valence-electron chi connectivity index (χ4n) is 3.50. The van der Waals surface area contributed by atoms with Crippen LogP contribution in [0.25, 0.3) is 0 Å². The summed E-state index contributed by atoms with van der Waals surface area (Å²) in [5.74, 6) is 0. The molecule has 1 fully saturated rings. The second kappa shape index (κ2) is 6.72. The molecular formula is C19H30N4O3S. The Morgan fingerprint density at radius 3 is 2.41 bits per heavy atom. The molecule has 27 heavy (non-hydrogen) atoms. The molecule has 0 radical (unpaired) electrons. The quantitative estimate of drug-likeness (QED) is 0.733. The summed E-state index contributed by atoms with van der Waals surface area (Å²) in [7, 11) is -1.34. The molecule has 2 aliphatic heterocycles. The van der Waals surface area contributed by atoms with E-state index >= 15 is 0 Å². The van der Waals surface area contributed by atoms with E-state index in [1.165, 1.54) is 0 Å². The number of carbonyl (C=O) groups is 1. The third kappa shape index (κ3) is 4.10. The van der Waals surface area contributed by atoms with E-state index in [2.05, 4.69) is 9.50 Å². The van der Waals surface area contributed by atoms with E-state index in [0.717, 1.165) is 30.8 Å². The lowest BCUT2D eigenvalue weighted by Gasteiger charge is -2.39. The lowest BCUT2D eigenvalue weighted by atomic mass is 9.75. The number of carbonyl (C=O) groups excluding carboxylic acids is 1. The fourth-order valence-corrected chi connectivity index (χ4v) is 4.22. The largest absolute Gasteiger partial charge is 0.444 e. The molecule has 1 saturated heterocycles. The Balaban J connectivity index is 1.82. The minimum atomic E-state index is -1.34. The van der Waals surface area contributed by atoms with Crippen LogP contribution < -0.4 is 0 Å². The van der Waals surface area contributed by atoms with E-state index < -0.39 is 21.3 Å². The molecule has 0 aromatic carbocycles. The number of hydrogen-bond donors (Lipinski definition) is 0. The molecular weight excluding hydrogens is 364 g/mol. The number of ether oxygens (including phenoxy) is 1. The van der Waals surface area contributed by atoms with Crippen molar-refractivity contribution in [2.75, 3.05) is 13.1 Å². The van der Waals surface area contributed by atoms with E-state index in [1.807, 2.05) is 52.3 Å². The van der Waals surface area contributed by atoms with Crippen molar-refractivity contribution in [2.24, 2.45) is 9.81 Å². The molecule has 8 heteroatoms. The van der Waals surface area contributed by atoms with Gasteiger partial charge in [0, 0.05) is 24.7 Å². The van der Waals surface area contributed by atoms with Crippen LogP contribution in [0.4, 0.5) is 4.79 Å². The first-order chi connectivity index (χ1) is 12.4. The predicted octanol–water partition coefficient (Wildman–Crippen LogP) is 3.17. The summed E-state index contributed by atoms with van der Waals surface area (Å²) < 4.78 is 24.4. The van der Waals surface area contributed by atoms with Gasteiger partial charge in [-0.1, -0.05) is 0 Å². The lowest BCUT2D eigenvalue weighted by Crippen LogP contribution is -2.47. The van der Waals surface area contributed by atoms with Crippen molar-refractivity contribution >= 4 is 22.8 Å². The van der Waals surface area contributed by atoms with Gasteiger partial charge in [-0.05, 0) is 60.5 Å². The molecule has 0 N–H and O–H groups in total. The average molecular weight is 395 g/mol. The number of piperidine rings is 1. The Labute approximate surface area is 163 Å². The maximum absolute atomic E-state index is 12.7. The first-order valence-electron chi connectivity index (χ1n) is 9.43. The Hall–Kier alpha value is -1.70. The third-order valence-electron chi connectivity index (χ3n) is 4.98. The minimum absolute atomic E-state index is 0.219. The number of amides is 1. The molecule has 3 heterocycles. The summed E-state index contributed by atoms with van der Waals surface area (Å²) >= 11 is 0. The summed E-state index contributed by atoms with van der Waals surface area (Å²) in [6.07, 6.45) is 3.00. The summed E-state index contributed by atoms with van der Waals surface area (Å²) in [5, 5.41) is 4.40. The highest BCUT2D eigenvalue weighted by Crippen LogP contribution is 2.42. The first-order valence-corrected chi connectivity index (χ1v) is 10.5. The molecule has 0 bridgehead atoms.